The molecule has 0 saturated carbocycles. The zero-order chi connectivity index (χ0) is 24.8. The van der Waals surface area contributed by atoms with Crippen LogP contribution >= 0.6 is 0 Å². The van der Waals surface area contributed by atoms with Crippen molar-refractivity contribution in [3.8, 4) is 0 Å². The topological polar surface area (TPSA) is 226 Å². The van der Waals surface area contributed by atoms with Crippen LogP contribution in [0.25, 0.3) is 0 Å². The molecule has 0 radical (unpaired) electrons. The number of hydrogen-bond donors (Lipinski definition) is 9. The summed E-state index contributed by atoms with van der Waals surface area (Å²) in [7, 11) is 0. The lowest BCUT2D eigenvalue weighted by atomic mass is 10.1. The molecule has 2 unspecified atom stereocenters. The van der Waals surface area contributed by atoms with Gasteiger partial charge in [-0.2, -0.15) is 4.98 Å². The van der Waals surface area contributed by atoms with Gasteiger partial charge in [0.1, 0.15) is 0 Å². The van der Waals surface area contributed by atoms with E-state index in [0.717, 1.165) is 0 Å². The van der Waals surface area contributed by atoms with E-state index in [1.807, 2.05) is 0 Å². The molecule has 1 aromatic heterocycles. The molecule has 0 spiro atoms. The maximum Gasteiger partial charge on any atom is 0.278 e. The summed E-state index contributed by atoms with van der Waals surface area (Å²) in [5, 5.41) is 45.2. The fraction of sp³-hybridized carbons (Fsp3) is 0.400. The number of nitrogens with zero attached hydrogens (tertiary/aromatic N) is 2. The molecule has 2 atom stereocenters. The fourth-order valence-corrected chi connectivity index (χ4v) is 3.50. The monoisotopic (exact) mass is 477 g/mol. The smallest absolute Gasteiger partial charge is 0.278 e. The molecule has 14 heteroatoms. The van der Waals surface area contributed by atoms with Crippen molar-refractivity contribution in [3.63, 3.8) is 0 Å². The van der Waals surface area contributed by atoms with E-state index in [2.05, 4.69) is 25.9 Å². The van der Waals surface area contributed by atoms with E-state index >= 15 is 0 Å². The first-order valence-corrected chi connectivity index (χ1v) is 10.4. The highest BCUT2D eigenvalue weighted by molar-refractivity contribution is 5.94. The molecule has 1 aliphatic heterocycles. The van der Waals surface area contributed by atoms with Crippen LogP contribution in [0.1, 0.15) is 23.2 Å². The molecule has 0 saturated heterocycles. The van der Waals surface area contributed by atoms with E-state index in [-0.39, 0.29) is 42.4 Å². The molecule has 1 aromatic carbocycles. The van der Waals surface area contributed by atoms with Crippen molar-refractivity contribution >= 4 is 35.5 Å². The average molecular weight is 477 g/mol. The average Bonchev–Trinajstić information content (AvgIpc) is 2.79. The van der Waals surface area contributed by atoms with Crippen LogP contribution < -0.4 is 32.1 Å². The van der Waals surface area contributed by atoms with E-state index < -0.39 is 36.1 Å². The highest BCUT2D eigenvalue weighted by Gasteiger charge is 2.29. The first-order valence-electron chi connectivity index (χ1n) is 10.4. The number of carbonyl (C=O) groups is 2. The zero-order valence-electron chi connectivity index (χ0n) is 18.0. The number of amides is 2. The summed E-state index contributed by atoms with van der Waals surface area (Å²) in [5.41, 5.74) is 5.96. The lowest BCUT2D eigenvalue weighted by Crippen LogP contribution is -2.50. The molecule has 0 fully saturated rings. The number of nitrogens with one attached hydrogen (secondary N) is 4. The number of nitrogens with two attached hydrogens (primary N) is 1. The number of fused-ring (bicyclic) bond motifs is 1. The molecule has 2 heterocycles. The van der Waals surface area contributed by atoms with Gasteiger partial charge in [-0.05, 0) is 30.7 Å². The number of rotatable bonds is 10. The first-order chi connectivity index (χ1) is 16.2. The summed E-state index contributed by atoms with van der Waals surface area (Å²) in [5.74, 6) is -0.406. The van der Waals surface area contributed by atoms with Crippen LogP contribution in [-0.4, -0.2) is 80.5 Å². The normalized spacial score (nSPS) is 16.1. The van der Waals surface area contributed by atoms with Crippen molar-refractivity contribution in [3.05, 3.63) is 40.2 Å². The molecule has 14 nitrogen and oxygen atoms in total. The number of aliphatic hydroxyl groups excluding tert-OH is 2. The van der Waals surface area contributed by atoms with Gasteiger partial charge in [-0.15, -0.1) is 0 Å². The second-order valence-corrected chi connectivity index (χ2v) is 7.71. The summed E-state index contributed by atoms with van der Waals surface area (Å²) in [6.45, 7) is 0.603. The van der Waals surface area contributed by atoms with E-state index in [0.29, 0.717) is 18.6 Å². The van der Waals surface area contributed by atoms with Gasteiger partial charge in [-0.25, -0.2) is 0 Å². The zero-order valence-corrected chi connectivity index (χ0v) is 18.0. The Labute approximate surface area is 193 Å². The predicted molar refractivity (Wildman–Crippen MR) is 122 cm³/mol. The minimum Gasteiger partial charge on any atom is -0.383 e. The third kappa shape index (κ3) is 5.99. The number of aromatic amines is 1. The van der Waals surface area contributed by atoms with Crippen molar-refractivity contribution in [1.82, 2.24) is 15.3 Å². The number of hydrogen-bond acceptors (Lipinski definition) is 11. The SMILES string of the molecule is Nc1nc2c(c(=O)[nH]1)N(C=O)C(CNc1ccc(C(=O)NC(CCC(O)O)C(O)O)cc1)CN2. The molecular weight excluding hydrogens is 450 g/mol. The molecule has 10 N–H and O–H groups in total. The molecule has 0 bridgehead atoms. The summed E-state index contributed by atoms with van der Waals surface area (Å²) in [4.78, 5) is 43.9. The maximum atomic E-state index is 12.4. The number of nitrogen functional groups attached to an aromatic ring is 1. The molecule has 0 aliphatic carbocycles. The summed E-state index contributed by atoms with van der Waals surface area (Å²) in [6, 6.07) is 4.80. The summed E-state index contributed by atoms with van der Waals surface area (Å²) in [6.07, 6.45) is -3.12. The Hall–Kier alpha value is -3.72. The van der Waals surface area contributed by atoms with Crippen LogP contribution in [-0.2, 0) is 4.79 Å². The standard InChI is InChI=1S/C20H27N7O7/c21-20-25-16-15(18(32)26-20)27(9-28)12(8-23-16)7-22-11-3-1-10(2-4-11)17(31)24-13(19(33)34)5-6-14(29)30/h1-4,9,12-14,19,22,29-30,33-34H,5-8H2,(H,24,31)(H4,21,23,25,26,32). The number of aromatic nitrogens is 2. The van der Waals surface area contributed by atoms with Gasteiger partial charge in [0.2, 0.25) is 12.4 Å². The van der Waals surface area contributed by atoms with Gasteiger partial charge in [0.25, 0.3) is 11.5 Å². The van der Waals surface area contributed by atoms with Gasteiger partial charge >= 0.3 is 0 Å². The molecule has 1 aliphatic rings. The Morgan fingerprint density at radius 2 is 1.94 bits per heavy atom. The van der Waals surface area contributed by atoms with Crippen LogP contribution in [0.5, 0.6) is 0 Å². The van der Waals surface area contributed by atoms with E-state index in [1.54, 1.807) is 12.1 Å². The summed E-state index contributed by atoms with van der Waals surface area (Å²) >= 11 is 0. The largest absolute Gasteiger partial charge is 0.383 e. The highest BCUT2D eigenvalue weighted by atomic mass is 16.5. The van der Waals surface area contributed by atoms with Crippen molar-refractivity contribution < 1.29 is 30.0 Å². The van der Waals surface area contributed by atoms with Crippen LogP contribution in [0.2, 0.25) is 0 Å². The highest BCUT2D eigenvalue weighted by Crippen LogP contribution is 2.25. The Morgan fingerprint density at radius 1 is 1.24 bits per heavy atom. The minimum atomic E-state index is -1.86. The van der Waals surface area contributed by atoms with Gasteiger partial charge < -0.3 is 47.0 Å². The number of anilines is 4. The van der Waals surface area contributed by atoms with Crippen LogP contribution in [0.15, 0.2) is 29.1 Å². The Bertz CT molecular complexity index is 1060. The minimum absolute atomic E-state index is 0.0442. The van der Waals surface area contributed by atoms with Gasteiger partial charge in [0, 0.05) is 30.8 Å². The molecule has 184 valence electrons. The molecule has 3 rings (SSSR count). The van der Waals surface area contributed by atoms with E-state index in [1.165, 1.54) is 17.0 Å². The molecular formula is C20H27N7O7. The third-order valence-electron chi connectivity index (χ3n) is 5.28. The second kappa shape index (κ2) is 10.9. The quantitative estimate of drug-likeness (QED) is 0.131. The van der Waals surface area contributed by atoms with Crippen molar-refractivity contribution in [2.45, 2.75) is 37.5 Å². The number of carbonyl (C=O) groups excluding carboxylic acids is 2. The van der Waals surface area contributed by atoms with Crippen LogP contribution in [0.3, 0.4) is 0 Å². The van der Waals surface area contributed by atoms with Crippen LogP contribution in [0, 0.1) is 0 Å². The molecule has 34 heavy (non-hydrogen) atoms. The van der Waals surface area contributed by atoms with Crippen molar-refractivity contribution in [2.24, 2.45) is 0 Å². The maximum absolute atomic E-state index is 12.4. The van der Waals surface area contributed by atoms with Crippen molar-refractivity contribution in [2.75, 3.05) is 34.4 Å². The second-order valence-electron chi connectivity index (χ2n) is 7.71. The summed E-state index contributed by atoms with van der Waals surface area (Å²) < 4.78 is 0. The number of H-pyrrole nitrogens is 1. The Morgan fingerprint density at radius 3 is 2.56 bits per heavy atom. The number of aliphatic hydroxyl groups is 4. The Kier molecular flexibility index (Phi) is 8.01. The van der Waals surface area contributed by atoms with Gasteiger partial charge in [0.15, 0.2) is 24.1 Å². The lowest BCUT2D eigenvalue weighted by Gasteiger charge is -2.34. The van der Waals surface area contributed by atoms with Crippen LogP contribution in [0.4, 0.5) is 23.1 Å². The molecule has 2 amide bonds. The van der Waals surface area contributed by atoms with Gasteiger partial charge in [-0.3, -0.25) is 19.4 Å². The fourth-order valence-electron chi connectivity index (χ4n) is 3.50. The van der Waals surface area contributed by atoms with Gasteiger partial charge in [0.05, 0.1) is 12.1 Å². The van der Waals surface area contributed by atoms with Gasteiger partial charge in [-0.1, -0.05) is 0 Å². The predicted octanol–water partition coefficient (Wildman–Crippen LogP) is -2.28. The Balaban J connectivity index is 1.61. The third-order valence-corrected chi connectivity index (χ3v) is 5.28. The number of benzene rings is 1. The lowest BCUT2D eigenvalue weighted by molar-refractivity contribution is -0.107. The van der Waals surface area contributed by atoms with E-state index in [4.69, 9.17) is 15.9 Å². The van der Waals surface area contributed by atoms with E-state index in [9.17, 15) is 24.6 Å². The first kappa shape index (κ1) is 24.9. The van der Waals surface area contributed by atoms with Crippen molar-refractivity contribution in [1.29, 1.82) is 0 Å². The molecule has 2 aromatic rings.